The second kappa shape index (κ2) is 9.40. The maximum absolute atomic E-state index is 11.9. The molecule has 6 heteroatoms. The third kappa shape index (κ3) is 6.10. The number of likely N-dealkylation sites (tertiary alicyclic amines) is 1. The van der Waals surface area contributed by atoms with E-state index in [1.807, 2.05) is 30.3 Å². The fourth-order valence-electron chi connectivity index (χ4n) is 2.60. The lowest BCUT2D eigenvalue weighted by molar-refractivity contribution is -0.129. The third-order valence-electron chi connectivity index (χ3n) is 3.89. The van der Waals surface area contributed by atoms with Crippen molar-refractivity contribution in [2.45, 2.75) is 31.7 Å². The van der Waals surface area contributed by atoms with Crippen LogP contribution in [0.5, 0.6) is 5.75 Å². The number of hydrogen-bond donors (Lipinski definition) is 1. The van der Waals surface area contributed by atoms with E-state index in [4.69, 9.17) is 16.3 Å². The van der Waals surface area contributed by atoms with Gasteiger partial charge in [0.05, 0.1) is 6.61 Å². The maximum Gasteiger partial charge on any atom is 0.237 e. The molecule has 23 heavy (non-hydrogen) atoms. The number of amides is 2. The molecule has 0 unspecified atom stereocenters. The Morgan fingerprint density at radius 3 is 2.57 bits per heavy atom. The van der Waals surface area contributed by atoms with E-state index in [0.29, 0.717) is 32.5 Å². The normalized spacial score (nSPS) is 15.3. The quantitative estimate of drug-likeness (QED) is 0.612. The Kier molecular flexibility index (Phi) is 7.20. The molecule has 1 aliphatic rings. The van der Waals surface area contributed by atoms with Gasteiger partial charge in [-0.05, 0) is 31.4 Å². The summed E-state index contributed by atoms with van der Waals surface area (Å²) in [5.74, 6) is 0.862. The van der Waals surface area contributed by atoms with E-state index in [2.05, 4.69) is 5.32 Å². The van der Waals surface area contributed by atoms with Crippen molar-refractivity contribution >= 4 is 23.4 Å². The molecule has 0 spiro atoms. The van der Waals surface area contributed by atoms with Crippen molar-refractivity contribution in [1.82, 2.24) is 10.2 Å². The molecule has 2 amide bonds. The molecular weight excluding hydrogens is 316 g/mol. The number of nitrogens with zero attached hydrogens (tertiary/aromatic N) is 1. The van der Waals surface area contributed by atoms with Gasteiger partial charge in [-0.15, -0.1) is 11.6 Å². The van der Waals surface area contributed by atoms with Gasteiger partial charge in [0.25, 0.3) is 0 Å². The number of alkyl halides is 1. The molecule has 5 nitrogen and oxygen atoms in total. The van der Waals surface area contributed by atoms with Crippen molar-refractivity contribution in [3.8, 4) is 5.75 Å². The van der Waals surface area contributed by atoms with Crippen LogP contribution in [0.2, 0.25) is 0 Å². The van der Waals surface area contributed by atoms with Crippen LogP contribution in [0.1, 0.15) is 25.7 Å². The standard InChI is InChI=1S/C17H23ClN2O3/c18-13-17(22)20-10-8-14(9-11-20)19-16(21)7-4-12-23-15-5-2-1-3-6-15/h1-3,5-6,14H,4,7-13H2,(H,19,21). The molecule has 1 aromatic rings. The van der Waals surface area contributed by atoms with Gasteiger partial charge in [0.1, 0.15) is 11.6 Å². The third-order valence-corrected chi connectivity index (χ3v) is 4.12. The Balaban J connectivity index is 1.58. The van der Waals surface area contributed by atoms with Crippen LogP contribution >= 0.6 is 11.6 Å². The van der Waals surface area contributed by atoms with Crippen molar-refractivity contribution < 1.29 is 14.3 Å². The van der Waals surface area contributed by atoms with E-state index in [1.54, 1.807) is 4.90 Å². The van der Waals surface area contributed by atoms with Gasteiger partial charge >= 0.3 is 0 Å². The van der Waals surface area contributed by atoms with Crippen molar-refractivity contribution in [2.75, 3.05) is 25.6 Å². The zero-order valence-electron chi connectivity index (χ0n) is 13.2. The highest BCUT2D eigenvalue weighted by Gasteiger charge is 2.22. The number of benzene rings is 1. The molecule has 126 valence electrons. The van der Waals surface area contributed by atoms with E-state index in [9.17, 15) is 9.59 Å². The van der Waals surface area contributed by atoms with Crippen LogP contribution in [0, 0.1) is 0 Å². The molecule has 0 radical (unpaired) electrons. The summed E-state index contributed by atoms with van der Waals surface area (Å²) >= 11 is 5.55. The van der Waals surface area contributed by atoms with Crippen LogP contribution in [0.25, 0.3) is 0 Å². The van der Waals surface area contributed by atoms with E-state index < -0.39 is 0 Å². The van der Waals surface area contributed by atoms with Gasteiger partial charge in [0.15, 0.2) is 0 Å². The first-order chi connectivity index (χ1) is 11.2. The number of para-hydroxylation sites is 1. The van der Waals surface area contributed by atoms with Crippen LogP contribution < -0.4 is 10.1 Å². The number of hydrogen-bond acceptors (Lipinski definition) is 3. The maximum atomic E-state index is 11.9. The van der Waals surface area contributed by atoms with E-state index in [1.165, 1.54) is 0 Å². The summed E-state index contributed by atoms with van der Waals surface area (Å²) in [6.45, 7) is 1.85. The van der Waals surface area contributed by atoms with Crippen molar-refractivity contribution in [3.63, 3.8) is 0 Å². The molecule has 0 aliphatic carbocycles. The summed E-state index contributed by atoms with van der Waals surface area (Å²) in [5.41, 5.74) is 0. The van der Waals surface area contributed by atoms with Crippen LogP contribution in [-0.4, -0.2) is 48.3 Å². The zero-order chi connectivity index (χ0) is 16.5. The monoisotopic (exact) mass is 338 g/mol. The molecule has 0 atom stereocenters. The van der Waals surface area contributed by atoms with Crippen molar-refractivity contribution in [3.05, 3.63) is 30.3 Å². The van der Waals surface area contributed by atoms with E-state index in [-0.39, 0.29) is 23.7 Å². The minimum absolute atomic E-state index is 0.0262. The van der Waals surface area contributed by atoms with Crippen LogP contribution in [0.15, 0.2) is 30.3 Å². The summed E-state index contributed by atoms with van der Waals surface area (Å²) in [6, 6.07) is 9.72. The molecular formula is C17H23ClN2O3. The minimum atomic E-state index is -0.0329. The Hall–Kier alpha value is -1.75. The zero-order valence-corrected chi connectivity index (χ0v) is 13.9. The highest BCUT2D eigenvalue weighted by atomic mass is 35.5. The molecule has 1 fully saturated rings. The molecule has 2 rings (SSSR count). The van der Waals surface area contributed by atoms with Gasteiger partial charge in [-0.25, -0.2) is 0 Å². The number of carbonyl (C=O) groups is 2. The van der Waals surface area contributed by atoms with Gasteiger partial charge in [-0.1, -0.05) is 18.2 Å². The number of piperidine rings is 1. The van der Waals surface area contributed by atoms with Crippen molar-refractivity contribution in [2.24, 2.45) is 0 Å². The van der Waals surface area contributed by atoms with E-state index >= 15 is 0 Å². The Labute approximate surface area is 141 Å². The van der Waals surface area contributed by atoms with Gasteiger partial charge < -0.3 is 15.0 Å². The Morgan fingerprint density at radius 2 is 1.91 bits per heavy atom. The first kappa shape index (κ1) is 17.6. The molecule has 1 aromatic carbocycles. The summed E-state index contributed by atoms with van der Waals surface area (Å²) in [4.78, 5) is 25.2. The highest BCUT2D eigenvalue weighted by Crippen LogP contribution is 2.12. The molecule has 0 aromatic heterocycles. The molecule has 1 N–H and O–H groups in total. The Bertz CT molecular complexity index is 502. The van der Waals surface area contributed by atoms with Crippen LogP contribution in [0.4, 0.5) is 0 Å². The molecule has 0 saturated carbocycles. The fourth-order valence-corrected chi connectivity index (χ4v) is 2.77. The second-order valence-corrected chi connectivity index (χ2v) is 5.89. The summed E-state index contributed by atoms with van der Waals surface area (Å²) in [7, 11) is 0. The lowest BCUT2D eigenvalue weighted by atomic mass is 10.0. The van der Waals surface area contributed by atoms with Crippen LogP contribution in [-0.2, 0) is 9.59 Å². The lowest BCUT2D eigenvalue weighted by Gasteiger charge is -2.32. The molecule has 1 heterocycles. The smallest absolute Gasteiger partial charge is 0.237 e. The lowest BCUT2D eigenvalue weighted by Crippen LogP contribution is -2.46. The highest BCUT2D eigenvalue weighted by molar-refractivity contribution is 6.27. The predicted octanol–water partition coefficient (Wildman–Crippen LogP) is 2.19. The molecule has 0 bridgehead atoms. The molecule has 1 saturated heterocycles. The van der Waals surface area contributed by atoms with E-state index in [0.717, 1.165) is 18.6 Å². The first-order valence-corrected chi connectivity index (χ1v) is 8.53. The first-order valence-electron chi connectivity index (χ1n) is 8.00. The molecule has 1 aliphatic heterocycles. The van der Waals surface area contributed by atoms with Crippen LogP contribution in [0.3, 0.4) is 0 Å². The second-order valence-electron chi connectivity index (χ2n) is 5.62. The van der Waals surface area contributed by atoms with Gasteiger partial charge in [-0.3, -0.25) is 9.59 Å². The van der Waals surface area contributed by atoms with Crippen molar-refractivity contribution in [1.29, 1.82) is 0 Å². The summed E-state index contributed by atoms with van der Waals surface area (Å²) in [5, 5.41) is 3.03. The van der Waals surface area contributed by atoms with Gasteiger partial charge in [0, 0.05) is 25.6 Å². The topological polar surface area (TPSA) is 58.6 Å². The fraction of sp³-hybridized carbons (Fsp3) is 0.529. The Morgan fingerprint density at radius 1 is 1.22 bits per heavy atom. The largest absolute Gasteiger partial charge is 0.494 e. The average Bonchev–Trinajstić information content (AvgIpc) is 2.59. The summed E-state index contributed by atoms with van der Waals surface area (Å²) < 4.78 is 5.56. The van der Waals surface area contributed by atoms with Gasteiger partial charge in [-0.2, -0.15) is 0 Å². The number of halogens is 1. The number of carbonyl (C=O) groups excluding carboxylic acids is 2. The van der Waals surface area contributed by atoms with Gasteiger partial charge in [0.2, 0.25) is 11.8 Å². The SMILES string of the molecule is O=C(CCCOc1ccccc1)NC1CCN(C(=O)CCl)CC1. The number of nitrogens with one attached hydrogen (secondary N) is 1. The average molecular weight is 339 g/mol. The minimum Gasteiger partial charge on any atom is -0.494 e. The number of ether oxygens (including phenoxy) is 1. The predicted molar refractivity (Wildman–Crippen MR) is 89.6 cm³/mol. The number of rotatable bonds is 7. The summed E-state index contributed by atoms with van der Waals surface area (Å²) in [6.07, 6.45) is 2.71.